The van der Waals surface area contributed by atoms with E-state index in [-0.39, 0.29) is 12.5 Å². The first-order valence-electron chi connectivity index (χ1n) is 8.20. The first-order chi connectivity index (χ1) is 11.4. The van der Waals surface area contributed by atoms with Gasteiger partial charge in [0.2, 0.25) is 5.91 Å². The van der Waals surface area contributed by atoms with E-state index in [9.17, 15) is 4.79 Å². The van der Waals surface area contributed by atoms with E-state index in [0.29, 0.717) is 13.0 Å². The Bertz CT molecular complexity index is 651. The van der Waals surface area contributed by atoms with E-state index in [1.165, 1.54) is 0 Å². The Morgan fingerprint density at radius 1 is 1.08 bits per heavy atom. The standard InChI is InChI=1S/C20H26N2O2/c1-20(2,15-16-7-5-4-6-8-16)19(24)21-17-9-11-18(12-10-17)22(3)13-14-23/h4-12,23H,13-15H2,1-3H3,(H,21,24). The van der Waals surface area contributed by atoms with Crippen LogP contribution >= 0.6 is 0 Å². The maximum atomic E-state index is 12.6. The van der Waals surface area contributed by atoms with Crippen LogP contribution in [-0.2, 0) is 11.2 Å². The Hall–Kier alpha value is -2.33. The fraction of sp³-hybridized carbons (Fsp3) is 0.350. The number of nitrogens with one attached hydrogen (secondary N) is 1. The molecular weight excluding hydrogens is 300 g/mol. The van der Waals surface area contributed by atoms with E-state index in [2.05, 4.69) is 5.32 Å². The van der Waals surface area contributed by atoms with Crippen molar-refractivity contribution in [2.45, 2.75) is 20.3 Å². The summed E-state index contributed by atoms with van der Waals surface area (Å²) in [5, 5.41) is 12.0. The molecule has 0 radical (unpaired) electrons. The summed E-state index contributed by atoms with van der Waals surface area (Å²) in [7, 11) is 1.92. The van der Waals surface area contributed by atoms with Crippen LogP contribution in [0.1, 0.15) is 19.4 Å². The Kier molecular flexibility index (Phi) is 5.99. The third kappa shape index (κ3) is 4.83. The summed E-state index contributed by atoms with van der Waals surface area (Å²) in [4.78, 5) is 14.6. The van der Waals surface area contributed by atoms with Crippen molar-refractivity contribution >= 4 is 17.3 Å². The van der Waals surface area contributed by atoms with Gasteiger partial charge in [-0.3, -0.25) is 4.79 Å². The number of aliphatic hydroxyl groups is 1. The molecule has 0 aromatic heterocycles. The molecule has 0 spiro atoms. The molecule has 0 heterocycles. The molecule has 0 saturated heterocycles. The number of carbonyl (C=O) groups excluding carboxylic acids is 1. The first-order valence-corrected chi connectivity index (χ1v) is 8.20. The lowest BCUT2D eigenvalue weighted by Gasteiger charge is -2.24. The van der Waals surface area contributed by atoms with Gasteiger partial charge in [-0.15, -0.1) is 0 Å². The zero-order valence-electron chi connectivity index (χ0n) is 14.6. The molecule has 4 heteroatoms. The fourth-order valence-corrected chi connectivity index (χ4v) is 2.57. The summed E-state index contributed by atoms with van der Waals surface area (Å²) in [6, 6.07) is 17.7. The van der Waals surface area contributed by atoms with Gasteiger partial charge in [0, 0.05) is 30.4 Å². The maximum absolute atomic E-state index is 12.6. The second-order valence-corrected chi connectivity index (χ2v) is 6.69. The van der Waals surface area contributed by atoms with Crippen LogP contribution in [0, 0.1) is 5.41 Å². The second kappa shape index (κ2) is 7.97. The monoisotopic (exact) mass is 326 g/mol. The highest BCUT2D eigenvalue weighted by molar-refractivity contribution is 5.95. The van der Waals surface area contributed by atoms with E-state index in [0.717, 1.165) is 16.9 Å². The molecule has 1 amide bonds. The molecule has 0 unspecified atom stereocenters. The van der Waals surface area contributed by atoms with Crippen LogP contribution in [0.3, 0.4) is 0 Å². The van der Waals surface area contributed by atoms with Crippen LogP contribution in [0.15, 0.2) is 54.6 Å². The van der Waals surface area contributed by atoms with E-state index in [1.54, 1.807) is 0 Å². The summed E-state index contributed by atoms with van der Waals surface area (Å²) < 4.78 is 0. The first kappa shape index (κ1) is 18.0. The molecule has 0 atom stereocenters. The molecule has 2 aromatic carbocycles. The van der Waals surface area contributed by atoms with Crippen molar-refractivity contribution in [3.05, 3.63) is 60.2 Å². The molecule has 0 aliphatic heterocycles. The molecule has 2 N–H and O–H groups in total. The zero-order valence-corrected chi connectivity index (χ0v) is 14.6. The van der Waals surface area contributed by atoms with Crippen LogP contribution in [0.5, 0.6) is 0 Å². The molecule has 2 aromatic rings. The topological polar surface area (TPSA) is 52.6 Å². The number of anilines is 2. The van der Waals surface area contributed by atoms with Gasteiger partial charge in [-0.2, -0.15) is 0 Å². The van der Waals surface area contributed by atoms with E-state index in [1.807, 2.05) is 80.4 Å². The Morgan fingerprint density at radius 3 is 2.29 bits per heavy atom. The van der Waals surface area contributed by atoms with Crippen LogP contribution in [0.4, 0.5) is 11.4 Å². The van der Waals surface area contributed by atoms with Gasteiger partial charge >= 0.3 is 0 Å². The highest BCUT2D eigenvalue weighted by Gasteiger charge is 2.27. The lowest BCUT2D eigenvalue weighted by atomic mass is 9.84. The van der Waals surface area contributed by atoms with Gasteiger partial charge in [-0.25, -0.2) is 0 Å². The third-order valence-electron chi connectivity index (χ3n) is 4.10. The summed E-state index contributed by atoms with van der Waals surface area (Å²) in [6.45, 7) is 4.61. The van der Waals surface area contributed by atoms with Crippen molar-refractivity contribution in [2.75, 3.05) is 30.4 Å². The predicted octanol–water partition coefficient (Wildman–Crippen LogP) is 3.32. The number of benzene rings is 2. The molecule has 0 fully saturated rings. The van der Waals surface area contributed by atoms with E-state index < -0.39 is 5.41 Å². The highest BCUT2D eigenvalue weighted by Crippen LogP contribution is 2.25. The van der Waals surface area contributed by atoms with Gasteiger partial charge in [0.15, 0.2) is 0 Å². The largest absolute Gasteiger partial charge is 0.395 e. The summed E-state index contributed by atoms with van der Waals surface area (Å²) >= 11 is 0. The van der Waals surface area contributed by atoms with Crippen LogP contribution in [-0.4, -0.2) is 31.2 Å². The molecule has 0 aliphatic carbocycles. The minimum atomic E-state index is -0.492. The fourth-order valence-electron chi connectivity index (χ4n) is 2.57. The van der Waals surface area contributed by atoms with Crippen molar-refractivity contribution in [1.82, 2.24) is 0 Å². The zero-order chi connectivity index (χ0) is 17.6. The molecule has 24 heavy (non-hydrogen) atoms. The normalized spacial score (nSPS) is 11.2. The molecule has 0 saturated carbocycles. The minimum absolute atomic E-state index is 0.00261. The Morgan fingerprint density at radius 2 is 1.71 bits per heavy atom. The van der Waals surface area contributed by atoms with Crippen LogP contribution < -0.4 is 10.2 Å². The van der Waals surface area contributed by atoms with E-state index >= 15 is 0 Å². The van der Waals surface area contributed by atoms with Crippen molar-refractivity contribution < 1.29 is 9.90 Å². The number of carbonyl (C=O) groups is 1. The molecule has 128 valence electrons. The van der Waals surface area contributed by atoms with Crippen LogP contribution in [0.25, 0.3) is 0 Å². The van der Waals surface area contributed by atoms with Crippen molar-refractivity contribution in [2.24, 2.45) is 5.41 Å². The lowest BCUT2D eigenvalue weighted by Crippen LogP contribution is -2.32. The highest BCUT2D eigenvalue weighted by atomic mass is 16.3. The Labute approximate surface area is 144 Å². The summed E-state index contributed by atoms with van der Waals surface area (Å²) in [5.41, 5.74) is 2.44. The van der Waals surface area contributed by atoms with Crippen LogP contribution in [0.2, 0.25) is 0 Å². The summed E-state index contributed by atoms with van der Waals surface area (Å²) in [5.74, 6) is 0.00261. The number of aliphatic hydroxyl groups excluding tert-OH is 1. The smallest absolute Gasteiger partial charge is 0.230 e. The number of nitrogens with zero attached hydrogens (tertiary/aromatic N) is 1. The van der Waals surface area contributed by atoms with E-state index in [4.69, 9.17) is 5.11 Å². The molecular formula is C20H26N2O2. The van der Waals surface area contributed by atoms with Gasteiger partial charge < -0.3 is 15.3 Å². The number of hydrogen-bond acceptors (Lipinski definition) is 3. The summed E-state index contributed by atoms with van der Waals surface area (Å²) in [6.07, 6.45) is 0.691. The average molecular weight is 326 g/mol. The quantitative estimate of drug-likeness (QED) is 0.820. The van der Waals surface area contributed by atoms with Gasteiger partial charge in [-0.1, -0.05) is 44.2 Å². The number of hydrogen-bond donors (Lipinski definition) is 2. The average Bonchev–Trinajstić information content (AvgIpc) is 2.56. The minimum Gasteiger partial charge on any atom is -0.395 e. The maximum Gasteiger partial charge on any atom is 0.230 e. The van der Waals surface area contributed by atoms with Gasteiger partial charge in [0.05, 0.1) is 6.61 Å². The Balaban J connectivity index is 2.00. The van der Waals surface area contributed by atoms with Crippen molar-refractivity contribution in [3.63, 3.8) is 0 Å². The number of likely N-dealkylation sites (N-methyl/N-ethyl adjacent to an activating group) is 1. The number of rotatable bonds is 7. The van der Waals surface area contributed by atoms with Gasteiger partial charge in [-0.05, 0) is 36.2 Å². The molecule has 2 rings (SSSR count). The molecule has 0 bridgehead atoms. The van der Waals surface area contributed by atoms with Crippen molar-refractivity contribution in [3.8, 4) is 0 Å². The molecule has 0 aliphatic rings. The molecule has 4 nitrogen and oxygen atoms in total. The SMILES string of the molecule is CN(CCO)c1ccc(NC(=O)C(C)(C)Cc2ccccc2)cc1. The second-order valence-electron chi connectivity index (χ2n) is 6.69. The van der Waals surface area contributed by atoms with Gasteiger partial charge in [0.1, 0.15) is 0 Å². The number of amides is 1. The van der Waals surface area contributed by atoms with Gasteiger partial charge in [0.25, 0.3) is 0 Å². The third-order valence-corrected chi connectivity index (χ3v) is 4.10. The predicted molar refractivity (Wildman–Crippen MR) is 99.4 cm³/mol. The van der Waals surface area contributed by atoms with Crippen molar-refractivity contribution in [1.29, 1.82) is 0 Å². The lowest BCUT2D eigenvalue weighted by molar-refractivity contribution is -0.123.